The molecule has 1 aromatic heterocycles. The minimum atomic E-state index is -0.616. The summed E-state index contributed by atoms with van der Waals surface area (Å²) in [5.41, 5.74) is 3.07. The van der Waals surface area contributed by atoms with E-state index < -0.39 is 17.8 Å². The standard InChI is InChI=1S/C15H12ClN3O4/c1-18-13(20)8-19(15(18)22)17-14(21)12-6-5-11(23-12)9-3-2-4-10(16)7-9/h2-7H,8H2,1H3,(H,17,21). The lowest BCUT2D eigenvalue weighted by Gasteiger charge is -2.14. The van der Waals surface area contributed by atoms with Gasteiger partial charge in [0.1, 0.15) is 12.3 Å². The summed E-state index contributed by atoms with van der Waals surface area (Å²) < 4.78 is 5.48. The molecule has 0 unspecified atom stereocenters. The number of carbonyl (C=O) groups excluding carboxylic acids is 3. The van der Waals surface area contributed by atoms with Crippen molar-refractivity contribution in [1.82, 2.24) is 15.3 Å². The number of nitrogens with zero attached hydrogens (tertiary/aromatic N) is 2. The van der Waals surface area contributed by atoms with Gasteiger partial charge in [-0.15, -0.1) is 0 Å². The third-order valence-corrected chi connectivity index (χ3v) is 3.60. The molecule has 0 spiro atoms. The SMILES string of the molecule is CN1C(=O)CN(NC(=O)c2ccc(-c3cccc(Cl)c3)o2)C1=O. The maximum atomic E-state index is 12.1. The maximum absolute atomic E-state index is 12.1. The van der Waals surface area contributed by atoms with Crippen molar-refractivity contribution in [2.75, 3.05) is 13.6 Å². The molecule has 2 heterocycles. The number of urea groups is 1. The van der Waals surface area contributed by atoms with E-state index in [9.17, 15) is 14.4 Å². The molecule has 23 heavy (non-hydrogen) atoms. The Hall–Kier alpha value is -2.80. The summed E-state index contributed by atoms with van der Waals surface area (Å²) >= 11 is 5.92. The molecule has 0 bridgehead atoms. The highest BCUT2D eigenvalue weighted by molar-refractivity contribution is 6.30. The van der Waals surface area contributed by atoms with Crippen LogP contribution in [0.4, 0.5) is 4.79 Å². The highest BCUT2D eigenvalue weighted by atomic mass is 35.5. The molecule has 8 heteroatoms. The van der Waals surface area contributed by atoms with Crippen LogP contribution in [0.1, 0.15) is 10.6 Å². The molecule has 2 aromatic rings. The number of hydrogen-bond donors (Lipinski definition) is 1. The van der Waals surface area contributed by atoms with E-state index in [0.29, 0.717) is 10.8 Å². The van der Waals surface area contributed by atoms with Crippen LogP contribution in [-0.2, 0) is 4.79 Å². The number of likely N-dealkylation sites (N-methyl/N-ethyl adjacent to an activating group) is 1. The zero-order valence-electron chi connectivity index (χ0n) is 12.1. The molecule has 4 amide bonds. The molecule has 1 fully saturated rings. The van der Waals surface area contributed by atoms with Gasteiger partial charge in [-0.1, -0.05) is 23.7 Å². The number of amides is 4. The fourth-order valence-corrected chi connectivity index (χ4v) is 2.31. The lowest BCUT2D eigenvalue weighted by Crippen LogP contribution is -2.44. The zero-order chi connectivity index (χ0) is 16.6. The fourth-order valence-electron chi connectivity index (χ4n) is 2.12. The van der Waals surface area contributed by atoms with Gasteiger partial charge < -0.3 is 4.42 Å². The second-order valence-corrected chi connectivity index (χ2v) is 5.37. The topological polar surface area (TPSA) is 82.9 Å². The Labute approximate surface area is 136 Å². The molecule has 1 aliphatic rings. The molecule has 0 saturated carbocycles. The van der Waals surface area contributed by atoms with E-state index in [1.165, 1.54) is 13.1 Å². The van der Waals surface area contributed by atoms with Crippen LogP contribution in [0.5, 0.6) is 0 Å². The molecule has 0 atom stereocenters. The van der Waals surface area contributed by atoms with Gasteiger partial charge in [-0.05, 0) is 24.3 Å². The molecule has 1 aromatic carbocycles. The predicted molar refractivity (Wildman–Crippen MR) is 81.5 cm³/mol. The van der Waals surface area contributed by atoms with Crippen LogP contribution in [0.3, 0.4) is 0 Å². The van der Waals surface area contributed by atoms with Crippen LogP contribution < -0.4 is 5.43 Å². The molecule has 3 rings (SSSR count). The molecule has 0 aliphatic carbocycles. The fraction of sp³-hybridized carbons (Fsp3) is 0.133. The van der Waals surface area contributed by atoms with Crippen molar-refractivity contribution in [2.24, 2.45) is 0 Å². The number of carbonyl (C=O) groups is 3. The van der Waals surface area contributed by atoms with Crippen LogP contribution in [-0.4, -0.2) is 41.3 Å². The Morgan fingerprint density at radius 3 is 2.70 bits per heavy atom. The van der Waals surface area contributed by atoms with Gasteiger partial charge >= 0.3 is 11.9 Å². The van der Waals surface area contributed by atoms with E-state index in [4.69, 9.17) is 16.0 Å². The number of furan rings is 1. The van der Waals surface area contributed by atoms with Gasteiger partial charge in [0.05, 0.1) is 0 Å². The van der Waals surface area contributed by atoms with Crippen molar-refractivity contribution in [2.45, 2.75) is 0 Å². The first-order chi connectivity index (χ1) is 11.0. The maximum Gasteiger partial charge on any atom is 0.345 e. The van der Waals surface area contributed by atoms with Crippen molar-refractivity contribution >= 4 is 29.4 Å². The van der Waals surface area contributed by atoms with Gasteiger partial charge in [0, 0.05) is 17.6 Å². The number of nitrogens with one attached hydrogen (secondary N) is 1. The Morgan fingerprint density at radius 2 is 2.04 bits per heavy atom. The van der Waals surface area contributed by atoms with Gasteiger partial charge in [0.25, 0.3) is 5.91 Å². The monoisotopic (exact) mass is 333 g/mol. The molecule has 1 N–H and O–H groups in total. The molecule has 7 nitrogen and oxygen atoms in total. The first kappa shape index (κ1) is 15.1. The number of imide groups is 1. The van der Waals surface area contributed by atoms with Crippen molar-refractivity contribution in [3.05, 3.63) is 47.2 Å². The second kappa shape index (κ2) is 5.77. The average molecular weight is 334 g/mol. The van der Waals surface area contributed by atoms with E-state index in [1.807, 2.05) is 0 Å². The van der Waals surface area contributed by atoms with Crippen molar-refractivity contribution in [1.29, 1.82) is 0 Å². The van der Waals surface area contributed by atoms with Gasteiger partial charge in [-0.2, -0.15) is 0 Å². The largest absolute Gasteiger partial charge is 0.451 e. The van der Waals surface area contributed by atoms with Crippen LogP contribution >= 0.6 is 11.6 Å². The number of halogens is 1. The van der Waals surface area contributed by atoms with E-state index in [2.05, 4.69) is 5.43 Å². The summed E-state index contributed by atoms with van der Waals surface area (Å²) in [5.74, 6) is -0.516. The van der Waals surface area contributed by atoms with Gasteiger partial charge in [0.15, 0.2) is 5.76 Å². The number of hydrogen-bond acceptors (Lipinski definition) is 4. The van der Waals surface area contributed by atoms with Crippen LogP contribution in [0, 0.1) is 0 Å². The minimum absolute atomic E-state index is 0.0229. The lowest BCUT2D eigenvalue weighted by atomic mass is 10.2. The van der Waals surface area contributed by atoms with Crippen molar-refractivity contribution in [3.8, 4) is 11.3 Å². The van der Waals surface area contributed by atoms with Crippen LogP contribution in [0.25, 0.3) is 11.3 Å². The van der Waals surface area contributed by atoms with Gasteiger partial charge in [-0.25, -0.2) is 9.80 Å². The Bertz CT molecular complexity index is 802. The highest BCUT2D eigenvalue weighted by Gasteiger charge is 2.34. The normalized spacial score (nSPS) is 14.5. The first-order valence-electron chi connectivity index (χ1n) is 6.70. The summed E-state index contributed by atoms with van der Waals surface area (Å²) in [4.78, 5) is 36.2. The molecule has 1 aliphatic heterocycles. The molecule has 118 valence electrons. The number of benzene rings is 1. The van der Waals surface area contributed by atoms with Gasteiger partial charge in [-0.3, -0.25) is 19.9 Å². The summed E-state index contributed by atoms with van der Waals surface area (Å²) in [7, 11) is 1.35. The summed E-state index contributed by atoms with van der Waals surface area (Å²) in [6.07, 6.45) is 0. The number of rotatable bonds is 3. The lowest BCUT2D eigenvalue weighted by molar-refractivity contribution is -0.124. The van der Waals surface area contributed by atoms with Crippen molar-refractivity contribution in [3.63, 3.8) is 0 Å². The summed E-state index contributed by atoms with van der Waals surface area (Å²) in [6.45, 7) is -0.205. The summed E-state index contributed by atoms with van der Waals surface area (Å²) in [5, 5.41) is 1.49. The second-order valence-electron chi connectivity index (χ2n) is 4.94. The third kappa shape index (κ3) is 2.91. The average Bonchev–Trinajstić information content (AvgIpc) is 3.10. The Morgan fingerprint density at radius 1 is 1.26 bits per heavy atom. The smallest absolute Gasteiger partial charge is 0.345 e. The Kier molecular flexibility index (Phi) is 3.79. The zero-order valence-corrected chi connectivity index (χ0v) is 12.8. The van der Waals surface area contributed by atoms with Gasteiger partial charge in [0.2, 0.25) is 0 Å². The van der Waals surface area contributed by atoms with Crippen molar-refractivity contribution < 1.29 is 18.8 Å². The first-order valence-corrected chi connectivity index (χ1v) is 7.08. The van der Waals surface area contributed by atoms with Crippen LogP contribution in [0.2, 0.25) is 5.02 Å². The minimum Gasteiger partial charge on any atom is -0.451 e. The number of hydrazine groups is 1. The molecular weight excluding hydrogens is 322 g/mol. The Balaban J connectivity index is 1.74. The predicted octanol–water partition coefficient (Wildman–Crippen LogP) is 2.14. The summed E-state index contributed by atoms with van der Waals surface area (Å²) in [6, 6.07) is 9.52. The molecule has 0 radical (unpaired) electrons. The van der Waals surface area contributed by atoms with E-state index in [-0.39, 0.29) is 12.3 Å². The third-order valence-electron chi connectivity index (χ3n) is 3.36. The van der Waals surface area contributed by atoms with E-state index >= 15 is 0 Å². The molecular formula is C15H12ClN3O4. The van der Waals surface area contributed by atoms with E-state index in [0.717, 1.165) is 15.5 Å². The molecule has 1 saturated heterocycles. The van der Waals surface area contributed by atoms with E-state index in [1.54, 1.807) is 30.3 Å². The van der Waals surface area contributed by atoms with Crippen LogP contribution in [0.15, 0.2) is 40.8 Å². The highest BCUT2D eigenvalue weighted by Crippen LogP contribution is 2.24. The quantitative estimate of drug-likeness (QED) is 0.872.